The van der Waals surface area contributed by atoms with Gasteiger partial charge < -0.3 is 20.9 Å². The van der Waals surface area contributed by atoms with E-state index in [2.05, 4.69) is 16.0 Å². The first-order valence-corrected chi connectivity index (χ1v) is 9.26. The molecule has 0 unspecified atom stereocenters. The zero-order valence-electron chi connectivity index (χ0n) is 14.9. The maximum Gasteiger partial charge on any atom is 0.319 e. The van der Waals surface area contributed by atoms with Crippen molar-refractivity contribution in [1.82, 2.24) is 10.6 Å². The first kappa shape index (κ1) is 17.7. The van der Waals surface area contributed by atoms with Crippen molar-refractivity contribution in [2.75, 3.05) is 30.4 Å². The lowest BCUT2D eigenvalue weighted by Gasteiger charge is -2.37. The van der Waals surface area contributed by atoms with Gasteiger partial charge in [0.1, 0.15) is 0 Å². The Hall–Kier alpha value is -2.08. The number of anilines is 2. The Balaban J connectivity index is 1.56. The number of nitrogens with zero attached hydrogens (tertiary/aromatic N) is 1. The molecule has 25 heavy (non-hydrogen) atoms. The van der Waals surface area contributed by atoms with Crippen LogP contribution in [0, 0.1) is 0 Å². The lowest BCUT2D eigenvalue weighted by Crippen LogP contribution is -2.53. The Kier molecular flexibility index (Phi) is 5.58. The minimum Gasteiger partial charge on any atom is -0.336 e. The molecule has 1 saturated carbocycles. The standard InChI is InChI=1S/C19H28N4O2/c1-20-19(10-3-2-4-11-19)14-21-18(25)22-15-7-5-8-16(13-15)23-12-6-9-17(23)24/h5,7-8,13,20H,2-4,6,9-12,14H2,1H3,(H2,21,22,25). The molecule has 1 aliphatic carbocycles. The zero-order valence-corrected chi connectivity index (χ0v) is 14.9. The highest BCUT2D eigenvalue weighted by Gasteiger charge is 2.30. The number of carbonyl (C=O) groups excluding carboxylic acids is 2. The van der Waals surface area contributed by atoms with Crippen molar-refractivity contribution in [2.45, 2.75) is 50.5 Å². The molecule has 6 nitrogen and oxygen atoms in total. The van der Waals surface area contributed by atoms with Crippen LogP contribution in [0.15, 0.2) is 24.3 Å². The summed E-state index contributed by atoms with van der Waals surface area (Å²) in [5.74, 6) is 0.148. The van der Waals surface area contributed by atoms with E-state index in [1.54, 1.807) is 4.90 Å². The van der Waals surface area contributed by atoms with E-state index in [0.29, 0.717) is 18.7 Å². The Morgan fingerprint density at radius 2 is 2.00 bits per heavy atom. The van der Waals surface area contributed by atoms with E-state index in [0.717, 1.165) is 31.5 Å². The average molecular weight is 344 g/mol. The lowest BCUT2D eigenvalue weighted by atomic mass is 9.82. The number of urea groups is 1. The second kappa shape index (κ2) is 7.87. The van der Waals surface area contributed by atoms with E-state index < -0.39 is 0 Å². The van der Waals surface area contributed by atoms with Gasteiger partial charge in [-0.2, -0.15) is 0 Å². The van der Waals surface area contributed by atoms with Gasteiger partial charge in [-0.1, -0.05) is 25.3 Å². The Morgan fingerprint density at radius 3 is 2.68 bits per heavy atom. The molecule has 0 bridgehead atoms. The minimum atomic E-state index is -0.204. The summed E-state index contributed by atoms with van der Waals surface area (Å²) < 4.78 is 0. The molecule has 136 valence electrons. The molecule has 1 aromatic carbocycles. The fourth-order valence-corrected chi connectivity index (χ4v) is 3.84. The summed E-state index contributed by atoms with van der Waals surface area (Å²) in [4.78, 5) is 25.9. The summed E-state index contributed by atoms with van der Waals surface area (Å²) in [6.07, 6.45) is 7.36. The van der Waals surface area contributed by atoms with Crippen LogP contribution in [0.3, 0.4) is 0 Å². The summed E-state index contributed by atoms with van der Waals surface area (Å²) in [6, 6.07) is 7.27. The molecule has 3 amide bonds. The number of rotatable bonds is 5. The largest absolute Gasteiger partial charge is 0.336 e. The predicted octanol–water partition coefficient (Wildman–Crippen LogP) is 2.86. The van der Waals surface area contributed by atoms with Crippen molar-refractivity contribution in [2.24, 2.45) is 0 Å². The molecule has 0 radical (unpaired) electrons. The molecule has 3 N–H and O–H groups in total. The van der Waals surface area contributed by atoms with E-state index in [4.69, 9.17) is 0 Å². The van der Waals surface area contributed by atoms with Gasteiger partial charge in [-0.3, -0.25) is 4.79 Å². The quantitative estimate of drug-likeness (QED) is 0.769. The predicted molar refractivity (Wildman–Crippen MR) is 99.9 cm³/mol. The molecule has 1 saturated heterocycles. The molecule has 2 aliphatic rings. The Morgan fingerprint density at radius 1 is 1.20 bits per heavy atom. The van der Waals surface area contributed by atoms with Gasteiger partial charge in [-0.25, -0.2) is 4.79 Å². The van der Waals surface area contributed by atoms with Crippen LogP contribution in [0.2, 0.25) is 0 Å². The van der Waals surface area contributed by atoms with Crippen LogP contribution in [0.4, 0.5) is 16.2 Å². The van der Waals surface area contributed by atoms with Crippen LogP contribution in [0.5, 0.6) is 0 Å². The second-order valence-corrected chi connectivity index (χ2v) is 7.10. The number of hydrogen-bond donors (Lipinski definition) is 3. The van der Waals surface area contributed by atoms with Gasteiger partial charge >= 0.3 is 6.03 Å². The summed E-state index contributed by atoms with van der Waals surface area (Å²) in [6.45, 7) is 1.37. The second-order valence-electron chi connectivity index (χ2n) is 7.10. The van der Waals surface area contributed by atoms with Crippen molar-refractivity contribution in [3.8, 4) is 0 Å². The average Bonchev–Trinajstić information content (AvgIpc) is 3.07. The van der Waals surface area contributed by atoms with Gasteiger partial charge in [0, 0.05) is 36.4 Å². The van der Waals surface area contributed by atoms with Gasteiger partial charge in [0.25, 0.3) is 0 Å². The summed E-state index contributed by atoms with van der Waals surface area (Å²) in [7, 11) is 1.97. The van der Waals surface area contributed by atoms with Crippen LogP contribution in [0.25, 0.3) is 0 Å². The number of nitrogens with one attached hydrogen (secondary N) is 3. The van der Waals surface area contributed by atoms with Crippen molar-refractivity contribution in [1.29, 1.82) is 0 Å². The van der Waals surface area contributed by atoms with Crippen molar-refractivity contribution >= 4 is 23.3 Å². The SMILES string of the molecule is CNC1(CNC(=O)Nc2cccc(N3CCCC3=O)c2)CCCCC1. The van der Waals surface area contributed by atoms with E-state index >= 15 is 0 Å². The maximum absolute atomic E-state index is 12.3. The van der Waals surface area contributed by atoms with E-state index in [1.807, 2.05) is 31.3 Å². The summed E-state index contributed by atoms with van der Waals surface area (Å²) >= 11 is 0. The first-order chi connectivity index (χ1) is 12.1. The number of likely N-dealkylation sites (N-methyl/N-ethyl adjacent to an activating group) is 1. The normalized spacial score (nSPS) is 19.7. The Bertz CT molecular complexity index is 626. The third-order valence-electron chi connectivity index (χ3n) is 5.42. The van der Waals surface area contributed by atoms with Crippen LogP contribution in [-0.4, -0.2) is 37.6 Å². The van der Waals surface area contributed by atoms with Crippen LogP contribution in [-0.2, 0) is 4.79 Å². The summed E-state index contributed by atoms with van der Waals surface area (Å²) in [5, 5.41) is 9.28. The summed E-state index contributed by atoms with van der Waals surface area (Å²) in [5.41, 5.74) is 1.57. The first-order valence-electron chi connectivity index (χ1n) is 9.26. The molecule has 1 heterocycles. The third kappa shape index (κ3) is 4.31. The van der Waals surface area contributed by atoms with E-state index in [9.17, 15) is 9.59 Å². The highest BCUT2D eigenvalue weighted by Crippen LogP contribution is 2.27. The molecule has 0 spiro atoms. The molecule has 1 aromatic rings. The molecule has 3 rings (SSSR count). The van der Waals surface area contributed by atoms with Crippen molar-refractivity contribution in [3.05, 3.63) is 24.3 Å². The van der Waals surface area contributed by atoms with E-state index in [-0.39, 0.29) is 17.5 Å². The number of amides is 3. The number of carbonyl (C=O) groups is 2. The molecular weight excluding hydrogens is 316 g/mol. The lowest BCUT2D eigenvalue weighted by molar-refractivity contribution is -0.117. The van der Waals surface area contributed by atoms with E-state index in [1.165, 1.54) is 19.3 Å². The third-order valence-corrected chi connectivity index (χ3v) is 5.42. The van der Waals surface area contributed by atoms with Gasteiger partial charge in [0.15, 0.2) is 0 Å². The molecule has 0 atom stereocenters. The fraction of sp³-hybridized carbons (Fsp3) is 0.579. The van der Waals surface area contributed by atoms with Gasteiger partial charge in [0.2, 0.25) is 5.91 Å². The van der Waals surface area contributed by atoms with Crippen LogP contribution < -0.4 is 20.9 Å². The van der Waals surface area contributed by atoms with Crippen molar-refractivity contribution < 1.29 is 9.59 Å². The van der Waals surface area contributed by atoms with Gasteiger partial charge in [-0.15, -0.1) is 0 Å². The molecular formula is C19H28N4O2. The smallest absolute Gasteiger partial charge is 0.319 e. The van der Waals surface area contributed by atoms with Crippen LogP contribution in [0.1, 0.15) is 44.9 Å². The minimum absolute atomic E-state index is 0.0133. The number of benzene rings is 1. The molecule has 1 aliphatic heterocycles. The molecule has 0 aromatic heterocycles. The molecule has 2 fully saturated rings. The fourth-order valence-electron chi connectivity index (χ4n) is 3.84. The van der Waals surface area contributed by atoms with Gasteiger partial charge in [-0.05, 0) is 44.5 Å². The van der Waals surface area contributed by atoms with Crippen LogP contribution >= 0.6 is 0 Å². The topological polar surface area (TPSA) is 73.5 Å². The maximum atomic E-state index is 12.3. The number of hydrogen-bond acceptors (Lipinski definition) is 3. The highest BCUT2D eigenvalue weighted by molar-refractivity contribution is 5.96. The highest BCUT2D eigenvalue weighted by atomic mass is 16.2. The zero-order chi connectivity index (χ0) is 17.7. The van der Waals surface area contributed by atoms with Gasteiger partial charge in [0.05, 0.1) is 0 Å². The molecule has 6 heteroatoms. The Labute approximate surface area is 149 Å². The van der Waals surface area contributed by atoms with Crippen molar-refractivity contribution in [3.63, 3.8) is 0 Å². The monoisotopic (exact) mass is 344 g/mol.